The molecule has 29 heavy (non-hydrogen) atoms. The van der Waals surface area contributed by atoms with E-state index in [9.17, 15) is 4.79 Å². The molecule has 0 aliphatic rings. The minimum absolute atomic E-state index is 0.205. The number of ether oxygens (including phenoxy) is 1. The van der Waals surface area contributed by atoms with Crippen molar-refractivity contribution in [3.8, 4) is 16.9 Å². The van der Waals surface area contributed by atoms with Gasteiger partial charge in [0.2, 0.25) is 0 Å². The summed E-state index contributed by atoms with van der Waals surface area (Å²) >= 11 is 0. The first kappa shape index (κ1) is 18.7. The average Bonchev–Trinajstić information content (AvgIpc) is 3.16. The molecule has 0 fully saturated rings. The van der Waals surface area contributed by atoms with Gasteiger partial charge in [-0.1, -0.05) is 0 Å². The maximum absolute atomic E-state index is 12.5. The normalized spacial score (nSPS) is 10.9. The number of carbonyl (C=O) groups is 1. The van der Waals surface area contributed by atoms with Crippen LogP contribution in [0, 0.1) is 13.8 Å². The zero-order chi connectivity index (χ0) is 20.4. The average molecular weight is 386 g/mol. The van der Waals surface area contributed by atoms with Crippen LogP contribution in [0.5, 0.6) is 5.75 Å². The quantitative estimate of drug-likeness (QED) is 0.564. The molecule has 146 valence electrons. The highest BCUT2D eigenvalue weighted by Crippen LogP contribution is 2.30. The van der Waals surface area contributed by atoms with E-state index in [-0.39, 0.29) is 5.91 Å². The number of nitrogens with one attached hydrogen (secondary N) is 1. The van der Waals surface area contributed by atoms with Gasteiger partial charge in [-0.25, -0.2) is 4.98 Å². The van der Waals surface area contributed by atoms with E-state index in [2.05, 4.69) is 27.4 Å². The third kappa shape index (κ3) is 3.82. The van der Waals surface area contributed by atoms with Crippen LogP contribution in [0.3, 0.4) is 0 Å². The zero-order valence-corrected chi connectivity index (χ0v) is 16.6. The fourth-order valence-electron chi connectivity index (χ4n) is 3.48. The summed E-state index contributed by atoms with van der Waals surface area (Å²) in [7, 11) is 1.69. The first-order valence-corrected chi connectivity index (χ1v) is 9.36. The number of imidazole rings is 1. The van der Waals surface area contributed by atoms with Gasteiger partial charge in [0.1, 0.15) is 17.1 Å². The van der Waals surface area contributed by atoms with Crippen molar-refractivity contribution in [3.63, 3.8) is 0 Å². The number of hydrogen-bond acceptors (Lipinski definition) is 4. The van der Waals surface area contributed by atoms with Gasteiger partial charge in [0.25, 0.3) is 5.91 Å². The highest BCUT2D eigenvalue weighted by molar-refractivity contribution is 5.92. The molecule has 0 saturated carbocycles. The fourth-order valence-corrected chi connectivity index (χ4v) is 3.48. The van der Waals surface area contributed by atoms with Crippen molar-refractivity contribution in [1.29, 1.82) is 0 Å². The van der Waals surface area contributed by atoms with Crippen LogP contribution in [-0.2, 0) is 6.54 Å². The second-order valence-corrected chi connectivity index (χ2v) is 6.99. The Bertz CT molecular complexity index is 1160. The van der Waals surface area contributed by atoms with Crippen molar-refractivity contribution < 1.29 is 9.53 Å². The van der Waals surface area contributed by atoms with Crippen molar-refractivity contribution in [3.05, 3.63) is 83.6 Å². The molecule has 0 atom stereocenters. The van der Waals surface area contributed by atoms with E-state index in [1.165, 1.54) is 0 Å². The lowest BCUT2D eigenvalue weighted by atomic mass is 10.0. The molecule has 0 unspecified atom stereocenters. The number of aryl methyl sites for hydroxylation is 2. The van der Waals surface area contributed by atoms with Gasteiger partial charge in [-0.15, -0.1) is 0 Å². The molecule has 3 heterocycles. The standard InChI is InChI=1S/C23H22N4O2/c1-15-10-19(11-16(2)22(15)29-3)18-4-5-21-26-20(14-27(21)13-18)23(28)25-12-17-6-8-24-9-7-17/h4-11,13-14H,12H2,1-3H3,(H,25,28). The Morgan fingerprint density at radius 1 is 1.03 bits per heavy atom. The number of aromatic nitrogens is 3. The number of rotatable bonds is 5. The van der Waals surface area contributed by atoms with Gasteiger partial charge in [-0.05, 0) is 78.1 Å². The third-order valence-electron chi connectivity index (χ3n) is 4.88. The van der Waals surface area contributed by atoms with Crippen LogP contribution in [0.1, 0.15) is 27.2 Å². The topological polar surface area (TPSA) is 68.5 Å². The monoisotopic (exact) mass is 386 g/mol. The van der Waals surface area contributed by atoms with E-state index in [1.54, 1.807) is 25.7 Å². The molecule has 0 aliphatic carbocycles. The highest BCUT2D eigenvalue weighted by Gasteiger charge is 2.12. The lowest BCUT2D eigenvalue weighted by molar-refractivity contribution is 0.0946. The van der Waals surface area contributed by atoms with Crippen LogP contribution in [0.2, 0.25) is 0 Å². The van der Waals surface area contributed by atoms with Crippen molar-refractivity contribution in [2.75, 3.05) is 7.11 Å². The Morgan fingerprint density at radius 2 is 1.76 bits per heavy atom. The summed E-state index contributed by atoms with van der Waals surface area (Å²) in [5.41, 5.74) is 6.43. The lowest BCUT2D eigenvalue weighted by Gasteiger charge is -2.11. The fraction of sp³-hybridized carbons (Fsp3) is 0.174. The van der Waals surface area contributed by atoms with E-state index >= 15 is 0 Å². The Balaban J connectivity index is 1.58. The number of pyridine rings is 2. The summed E-state index contributed by atoms with van der Waals surface area (Å²) in [5.74, 6) is 0.703. The molecule has 1 aromatic carbocycles. The molecule has 1 amide bonds. The number of carbonyl (C=O) groups excluding carboxylic acids is 1. The first-order valence-electron chi connectivity index (χ1n) is 9.36. The van der Waals surface area contributed by atoms with Crippen LogP contribution in [0.4, 0.5) is 0 Å². The maximum Gasteiger partial charge on any atom is 0.271 e. The number of nitrogens with zero attached hydrogens (tertiary/aromatic N) is 3. The molecule has 0 aliphatic heterocycles. The predicted molar refractivity (Wildman–Crippen MR) is 112 cm³/mol. The molecule has 0 saturated heterocycles. The first-order chi connectivity index (χ1) is 14.0. The second kappa shape index (κ2) is 7.75. The maximum atomic E-state index is 12.5. The Labute approximate surface area is 169 Å². The van der Waals surface area contributed by atoms with Gasteiger partial charge < -0.3 is 14.5 Å². The Morgan fingerprint density at radius 3 is 2.45 bits per heavy atom. The van der Waals surface area contributed by atoms with E-state index in [1.807, 2.05) is 48.7 Å². The molecule has 0 bridgehead atoms. The Hall–Kier alpha value is -3.67. The summed E-state index contributed by atoms with van der Waals surface area (Å²) < 4.78 is 7.34. The van der Waals surface area contributed by atoms with Crippen LogP contribution >= 0.6 is 0 Å². The van der Waals surface area contributed by atoms with E-state index < -0.39 is 0 Å². The van der Waals surface area contributed by atoms with Crippen molar-refractivity contribution in [2.45, 2.75) is 20.4 Å². The molecule has 6 nitrogen and oxygen atoms in total. The van der Waals surface area contributed by atoms with E-state index in [0.717, 1.165) is 39.2 Å². The summed E-state index contributed by atoms with van der Waals surface area (Å²) in [4.78, 5) is 20.9. The largest absolute Gasteiger partial charge is 0.496 e. The highest BCUT2D eigenvalue weighted by atomic mass is 16.5. The van der Waals surface area contributed by atoms with Crippen molar-refractivity contribution in [2.24, 2.45) is 0 Å². The number of methoxy groups -OCH3 is 1. The summed E-state index contributed by atoms with van der Waals surface area (Å²) in [6.45, 7) is 4.51. The molecule has 3 aromatic heterocycles. The van der Waals surface area contributed by atoms with Gasteiger partial charge in [-0.2, -0.15) is 0 Å². The lowest BCUT2D eigenvalue weighted by Crippen LogP contribution is -2.23. The molecule has 0 radical (unpaired) electrons. The second-order valence-electron chi connectivity index (χ2n) is 6.99. The number of benzene rings is 1. The smallest absolute Gasteiger partial charge is 0.271 e. The zero-order valence-electron chi connectivity index (χ0n) is 16.6. The number of hydrogen-bond donors (Lipinski definition) is 1. The molecular formula is C23H22N4O2. The Kier molecular flexibility index (Phi) is 4.99. The molecule has 0 spiro atoms. The van der Waals surface area contributed by atoms with Crippen LogP contribution in [0.25, 0.3) is 16.8 Å². The van der Waals surface area contributed by atoms with E-state index in [0.29, 0.717) is 12.2 Å². The predicted octanol–water partition coefficient (Wildman–Crippen LogP) is 3.95. The van der Waals surface area contributed by atoms with Crippen molar-refractivity contribution in [1.82, 2.24) is 19.7 Å². The molecule has 6 heteroatoms. The summed E-state index contributed by atoms with van der Waals surface area (Å²) in [6, 6.07) is 11.9. The summed E-state index contributed by atoms with van der Waals surface area (Å²) in [6.07, 6.45) is 7.15. The molecule has 4 rings (SSSR count). The van der Waals surface area contributed by atoms with Gasteiger partial charge >= 0.3 is 0 Å². The minimum Gasteiger partial charge on any atom is -0.496 e. The van der Waals surface area contributed by atoms with Gasteiger partial charge in [0, 0.05) is 31.3 Å². The molecular weight excluding hydrogens is 364 g/mol. The minimum atomic E-state index is -0.205. The van der Waals surface area contributed by atoms with E-state index in [4.69, 9.17) is 4.74 Å². The van der Waals surface area contributed by atoms with Crippen molar-refractivity contribution >= 4 is 11.6 Å². The number of amides is 1. The van der Waals surface area contributed by atoms with Gasteiger partial charge in [0.05, 0.1) is 7.11 Å². The van der Waals surface area contributed by atoms with Crippen LogP contribution < -0.4 is 10.1 Å². The molecule has 4 aromatic rings. The number of fused-ring (bicyclic) bond motifs is 1. The summed E-state index contributed by atoms with van der Waals surface area (Å²) in [5, 5.41) is 2.89. The SMILES string of the molecule is COc1c(C)cc(-c2ccc3nc(C(=O)NCc4ccncc4)cn3c2)cc1C. The molecule has 1 N–H and O–H groups in total. The third-order valence-corrected chi connectivity index (χ3v) is 4.88. The van der Waals surface area contributed by atoms with Crippen LogP contribution in [0.15, 0.2) is 61.2 Å². The van der Waals surface area contributed by atoms with Gasteiger partial charge in [-0.3, -0.25) is 9.78 Å². The van der Waals surface area contributed by atoms with Gasteiger partial charge in [0.15, 0.2) is 0 Å². The van der Waals surface area contributed by atoms with Crippen LogP contribution in [-0.4, -0.2) is 27.4 Å².